The fraction of sp³-hybridized carbons (Fsp3) is 0.773. The van der Waals surface area contributed by atoms with Gasteiger partial charge in [0.05, 0.1) is 25.3 Å². The van der Waals surface area contributed by atoms with Gasteiger partial charge in [-0.15, -0.1) is 0 Å². The molecule has 4 bridgehead atoms. The van der Waals surface area contributed by atoms with Gasteiger partial charge in [-0.05, 0) is 138 Å². The van der Waals surface area contributed by atoms with E-state index in [-0.39, 0.29) is 84.6 Å². The largest absolute Gasteiger partial charge is 1.00 e. The Morgan fingerprint density at radius 1 is 0.678 bits per heavy atom. The van der Waals surface area contributed by atoms with E-state index in [1.165, 1.54) is 20.0 Å². The van der Waals surface area contributed by atoms with Gasteiger partial charge in [0.15, 0.2) is 11.6 Å². The van der Waals surface area contributed by atoms with E-state index < -0.39 is 17.2 Å². The molecule has 0 aromatic heterocycles. The zero-order valence-corrected chi connectivity index (χ0v) is 37.3. The number of fused-ring (bicyclic) bond motifs is 4. The minimum atomic E-state index is -0.837. The molecule has 3 saturated heterocycles. The molecule has 2 N–H and O–H groups in total. The van der Waals surface area contributed by atoms with Crippen LogP contribution in [0.2, 0.25) is 0 Å². The third-order valence-corrected chi connectivity index (χ3v) is 10.8. The Kier molecular flexibility index (Phi) is 23.3. The van der Waals surface area contributed by atoms with Crippen molar-refractivity contribution in [1.29, 1.82) is 0 Å². The van der Waals surface area contributed by atoms with E-state index in [9.17, 15) is 28.8 Å². The van der Waals surface area contributed by atoms with Gasteiger partial charge in [-0.1, -0.05) is 12.2 Å². The van der Waals surface area contributed by atoms with Crippen LogP contribution < -0.4 is 18.9 Å². The molecule has 15 heteroatoms. The molecule has 14 nitrogen and oxygen atoms in total. The van der Waals surface area contributed by atoms with Crippen LogP contribution in [0.3, 0.4) is 0 Å². The number of hydrogen-bond acceptors (Lipinski definition) is 11. The van der Waals surface area contributed by atoms with Crippen LogP contribution in [0, 0.1) is 0 Å². The molecule has 0 spiro atoms. The summed E-state index contributed by atoms with van der Waals surface area (Å²) in [6.45, 7) is 14.2. The topological polar surface area (TPSA) is 196 Å². The Morgan fingerprint density at radius 3 is 1.44 bits per heavy atom. The van der Waals surface area contributed by atoms with E-state index in [0.29, 0.717) is 56.6 Å². The van der Waals surface area contributed by atoms with Gasteiger partial charge in [-0.2, -0.15) is 0 Å². The number of esters is 1. The van der Waals surface area contributed by atoms with Gasteiger partial charge >= 0.3 is 43.0 Å². The van der Waals surface area contributed by atoms with Crippen LogP contribution in [0.25, 0.3) is 0 Å². The number of carboxylic acids is 1. The first-order valence-corrected chi connectivity index (χ1v) is 21.2. The predicted molar refractivity (Wildman–Crippen MR) is 218 cm³/mol. The number of carboxylic acid groups (broad SMARTS) is 1. The molecule has 2 amide bonds. The van der Waals surface area contributed by atoms with Gasteiger partial charge in [0.25, 0.3) is 0 Å². The van der Waals surface area contributed by atoms with Gasteiger partial charge in [0.2, 0.25) is 0 Å². The molecule has 5 heterocycles. The number of ketones is 2. The monoisotopic (exact) mass is 827 g/mol. The Hall–Kier alpha value is -3.18. The molecular weight excluding hydrogens is 755 g/mol. The van der Waals surface area contributed by atoms with E-state index >= 15 is 0 Å². The summed E-state index contributed by atoms with van der Waals surface area (Å²) in [5.74, 6) is -0.973. The zero-order valence-electron chi connectivity index (χ0n) is 37.3. The van der Waals surface area contributed by atoms with Crippen LogP contribution in [-0.4, -0.2) is 111 Å². The number of allylic oxidation sites excluding steroid dienone is 2. The van der Waals surface area contributed by atoms with Crippen molar-refractivity contribution in [1.82, 2.24) is 9.80 Å². The normalized spacial score (nSPS) is 23.2. The summed E-state index contributed by atoms with van der Waals surface area (Å²) in [4.78, 5) is 76.0. The fourth-order valence-electron chi connectivity index (χ4n) is 8.11. The number of rotatable bonds is 12. The van der Waals surface area contributed by atoms with Gasteiger partial charge < -0.3 is 29.5 Å². The number of nitrogens with zero attached hydrogens (tertiary/aromatic N) is 2. The third kappa shape index (κ3) is 18.1. The molecular formula is C44H71LiN2O12. The van der Waals surface area contributed by atoms with Gasteiger partial charge in [-0.25, -0.2) is 9.59 Å². The van der Waals surface area contributed by atoms with Crippen molar-refractivity contribution in [2.45, 2.75) is 206 Å². The summed E-state index contributed by atoms with van der Waals surface area (Å²) in [7, 11) is 1.37. The van der Waals surface area contributed by atoms with Crippen molar-refractivity contribution in [3.05, 3.63) is 23.3 Å². The second-order valence-electron chi connectivity index (χ2n) is 17.8. The fourth-order valence-corrected chi connectivity index (χ4v) is 8.11. The number of Topliss-reactive ketones (excluding diaryl/α,β-unsaturated/α-hetero) is 2. The molecule has 5 atom stereocenters. The summed E-state index contributed by atoms with van der Waals surface area (Å²) in [6, 6.07) is -0.0936. The zero-order chi connectivity index (χ0) is 42.3. The number of aliphatic carboxylic acids is 1. The van der Waals surface area contributed by atoms with Crippen LogP contribution in [0.5, 0.6) is 0 Å². The molecule has 0 aromatic carbocycles. The first kappa shape index (κ1) is 53.8. The van der Waals surface area contributed by atoms with E-state index in [0.717, 1.165) is 63.5 Å². The molecule has 5 aliphatic rings. The maximum absolute atomic E-state index is 12.7. The van der Waals surface area contributed by atoms with Gasteiger partial charge in [-0.3, -0.25) is 29.0 Å². The van der Waals surface area contributed by atoms with Crippen LogP contribution in [0.4, 0.5) is 9.59 Å². The van der Waals surface area contributed by atoms with Crippen molar-refractivity contribution in [2.75, 3.05) is 13.7 Å². The number of methoxy groups -OCH3 is 1. The average Bonchev–Trinajstić information content (AvgIpc) is 3.80. The predicted octanol–water partition coefficient (Wildman–Crippen LogP) is 5.48. The number of carbonyl (C=O) groups excluding carboxylic acids is 5. The summed E-state index contributed by atoms with van der Waals surface area (Å²) >= 11 is 0. The van der Waals surface area contributed by atoms with Crippen LogP contribution in [-0.2, 0) is 38.1 Å². The summed E-state index contributed by atoms with van der Waals surface area (Å²) < 4.78 is 20.9. The minimum Gasteiger partial charge on any atom is -0.870 e. The minimum absolute atomic E-state index is 0. The van der Waals surface area contributed by atoms with Crippen molar-refractivity contribution in [3.8, 4) is 0 Å². The van der Waals surface area contributed by atoms with Crippen molar-refractivity contribution < 1.29 is 77.2 Å². The standard InChI is InChI=1S/C20H31NO5.C19H29NO5.C5H10O.Li.H2O/c1-20(2,3)26-19(24)21-14-8-7-9-15(16(21)13-12-14)17(22)10-5-6-11-18(23)25-4;1-19(2,3)25-18(24)20-13-7-6-8-14(15(20)12-11-13)16(21)9-4-5-10-17(22)23;1-5-3-2-4-6-5;;/h9,14,16H,5-8,10-13H2,1-4H3;8,13,15H,4-7,9-12H2,1-3H3,(H,22,23);5H,2-4H2,1H3;;1H2/q;;;+1;/p-1/t14-,16?;13-,15?;;;/m00.../s1. The molecule has 59 heavy (non-hydrogen) atoms. The van der Waals surface area contributed by atoms with Crippen molar-refractivity contribution in [2.24, 2.45) is 0 Å². The van der Waals surface area contributed by atoms with E-state index in [2.05, 4.69) is 11.7 Å². The van der Waals surface area contributed by atoms with E-state index in [1.807, 2.05) is 53.7 Å². The summed E-state index contributed by atoms with van der Waals surface area (Å²) in [5.41, 5.74) is 0.341. The second-order valence-corrected chi connectivity index (χ2v) is 17.8. The SMILES string of the molecule is CC(C)(C)OC(=O)N1C2CC[C@@H]1CCC=C2C(=O)CCCCC(=O)O.CC1CCCO1.COC(=O)CCCCC(=O)C1=CCC[C@H]2CCC1N2C(=O)OC(C)(C)C.[Li+].[OH-]. The maximum atomic E-state index is 12.7. The molecule has 5 aliphatic heterocycles. The Morgan fingerprint density at radius 2 is 1.10 bits per heavy atom. The third-order valence-electron chi connectivity index (χ3n) is 10.8. The van der Waals surface area contributed by atoms with Gasteiger partial charge in [0, 0.05) is 55.5 Å². The summed E-state index contributed by atoms with van der Waals surface area (Å²) in [6.07, 6.45) is 16.6. The maximum Gasteiger partial charge on any atom is 1.00 e. The molecule has 5 rings (SSSR count). The first-order valence-electron chi connectivity index (χ1n) is 21.2. The Balaban J connectivity index is 0.000000500. The molecule has 3 fully saturated rings. The Labute approximate surface area is 364 Å². The molecule has 0 aromatic rings. The number of unbranched alkanes of at least 4 members (excludes halogenated alkanes) is 2. The summed E-state index contributed by atoms with van der Waals surface area (Å²) in [5, 5.41) is 8.68. The van der Waals surface area contributed by atoms with Crippen LogP contribution in [0.15, 0.2) is 23.3 Å². The van der Waals surface area contributed by atoms with Gasteiger partial charge in [0.1, 0.15) is 11.2 Å². The second kappa shape index (κ2) is 25.6. The molecule has 3 unspecified atom stereocenters. The number of carbonyl (C=O) groups is 6. The Bertz CT molecular complexity index is 1460. The van der Waals surface area contributed by atoms with Crippen molar-refractivity contribution in [3.63, 3.8) is 0 Å². The van der Waals surface area contributed by atoms with E-state index in [4.69, 9.17) is 19.3 Å². The molecule has 330 valence electrons. The van der Waals surface area contributed by atoms with E-state index in [1.54, 1.807) is 9.80 Å². The molecule has 0 radical (unpaired) electrons. The van der Waals surface area contributed by atoms with Crippen LogP contribution in [0.1, 0.15) is 164 Å². The first-order chi connectivity index (χ1) is 26.8. The number of hydrogen-bond donors (Lipinski definition) is 1. The average molecular weight is 827 g/mol. The molecule has 0 saturated carbocycles. The molecule has 0 aliphatic carbocycles. The number of ether oxygens (including phenoxy) is 4. The van der Waals surface area contributed by atoms with Crippen molar-refractivity contribution >= 4 is 35.7 Å². The quantitative estimate of drug-likeness (QED) is 0.113. The van der Waals surface area contributed by atoms with Crippen LogP contribution >= 0.6 is 0 Å². The smallest absolute Gasteiger partial charge is 0.870 e. The number of amides is 2.